The van der Waals surface area contributed by atoms with Gasteiger partial charge < -0.3 is 15.2 Å². The van der Waals surface area contributed by atoms with E-state index in [9.17, 15) is 9.90 Å². The van der Waals surface area contributed by atoms with Crippen molar-refractivity contribution in [2.24, 2.45) is 0 Å². The predicted molar refractivity (Wildman–Crippen MR) is 70.6 cm³/mol. The first-order chi connectivity index (χ1) is 8.27. The van der Waals surface area contributed by atoms with E-state index in [2.05, 4.69) is 15.0 Å². The summed E-state index contributed by atoms with van der Waals surface area (Å²) in [5.74, 6) is -0.639. The maximum Gasteiger partial charge on any atom is 0.338 e. The first kappa shape index (κ1) is 15.1. The number of nitrogens with zero attached hydrogens (tertiary/aromatic N) is 1. The number of ether oxygens (including phenoxy) is 1. The lowest BCUT2D eigenvalue weighted by Crippen LogP contribution is -2.46. The Hall–Kier alpha value is -0.980. The minimum absolute atomic E-state index is 0.0346. The lowest BCUT2D eigenvalue weighted by atomic mass is 10.1. The first-order valence-electron chi connectivity index (χ1n) is 5.76. The van der Waals surface area contributed by atoms with Gasteiger partial charge in [-0.15, -0.1) is 11.3 Å². The second-order valence-corrected chi connectivity index (χ2v) is 5.79. The molecule has 2 atom stereocenters. The van der Waals surface area contributed by atoms with E-state index in [1.807, 2.05) is 20.8 Å². The summed E-state index contributed by atoms with van der Waals surface area (Å²) in [6.45, 7) is 7.46. The van der Waals surface area contributed by atoms with Crippen LogP contribution in [0.15, 0.2) is 0 Å². The Labute approximate surface area is 111 Å². The molecule has 1 aromatic rings. The molecule has 0 fully saturated rings. The number of thiazole rings is 1. The number of rotatable bonds is 5. The van der Waals surface area contributed by atoms with E-state index in [0.717, 1.165) is 15.6 Å². The number of aliphatic hydroxyl groups is 1. The van der Waals surface area contributed by atoms with Crippen LogP contribution in [0, 0.1) is 13.8 Å². The zero-order valence-corrected chi connectivity index (χ0v) is 12.2. The Morgan fingerprint density at radius 1 is 1.61 bits per heavy atom. The summed E-state index contributed by atoms with van der Waals surface area (Å²) >= 11 is 1.62. The Balaban J connectivity index is 2.64. The van der Waals surface area contributed by atoms with E-state index >= 15 is 0 Å². The van der Waals surface area contributed by atoms with Crippen LogP contribution < -0.4 is 5.32 Å². The highest BCUT2D eigenvalue weighted by molar-refractivity contribution is 7.11. The largest absolute Gasteiger partial charge is 0.467 e. The molecular weight excluding hydrogens is 252 g/mol. The van der Waals surface area contributed by atoms with Gasteiger partial charge in [0.25, 0.3) is 0 Å². The topological polar surface area (TPSA) is 71.5 Å². The summed E-state index contributed by atoms with van der Waals surface area (Å²) in [5, 5.41) is 14.0. The molecule has 0 bridgehead atoms. The highest BCUT2D eigenvalue weighted by Gasteiger charge is 2.31. The predicted octanol–water partition coefficient (Wildman–Crippen LogP) is 1.33. The van der Waals surface area contributed by atoms with Crippen molar-refractivity contribution in [1.82, 2.24) is 10.3 Å². The van der Waals surface area contributed by atoms with Crippen molar-refractivity contribution in [2.45, 2.75) is 39.3 Å². The first-order valence-corrected chi connectivity index (χ1v) is 6.57. The van der Waals surface area contributed by atoms with Gasteiger partial charge in [-0.25, -0.2) is 9.78 Å². The molecule has 0 saturated heterocycles. The summed E-state index contributed by atoms with van der Waals surface area (Å²) in [7, 11) is 1.26. The minimum Gasteiger partial charge on any atom is -0.467 e. The molecule has 18 heavy (non-hydrogen) atoms. The van der Waals surface area contributed by atoms with Gasteiger partial charge >= 0.3 is 5.97 Å². The molecule has 0 amide bonds. The van der Waals surface area contributed by atoms with Crippen LogP contribution in [-0.2, 0) is 9.53 Å². The molecule has 0 aliphatic heterocycles. The van der Waals surface area contributed by atoms with Gasteiger partial charge in [-0.1, -0.05) is 0 Å². The van der Waals surface area contributed by atoms with Crippen LogP contribution in [0.25, 0.3) is 0 Å². The summed E-state index contributed by atoms with van der Waals surface area (Å²) in [6, 6.07) is 0.0346. The molecule has 2 unspecified atom stereocenters. The van der Waals surface area contributed by atoms with E-state index in [1.54, 1.807) is 11.3 Å². The average molecular weight is 272 g/mol. The molecule has 2 N–H and O–H groups in total. The minimum atomic E-state index is -1.52. The molecule has 1 rings (SSSR count). The van der Waals surface area contributed by atoms with Crippen LogP contribution in [0.5, 0.6) is 0 Å². The van der Waals surface area contributed by atoms with Gasteiger partial charge in [0.1, 0.15) is 0 Å². The van der Waals surface area contributed by atoms with Gasteiger partial charge in [0.15, 0.2) is 5.60 Å². The van der Waals surface area contributed by atoms with Gasteiger partial charge in [0.05, 0.1) is 17.8 Å². The van der Waals surface area contributed by atoms with Gasteiger partial charge in [0, 0.05) is 17.5 Å². The molecule has 5 nitrogen and oxygen atoms in total. The third kappa shape index (κ3) is 3.51. The van der Waals surface area contributed by atoms with Crippen LogP contribution in [0.4, 0.5) is 0 Å². The number of carbonyl (C=O) groups excluding carboxylic acids is 1. The second-order valence-electron chi connectivity index (χ2n) is 4.55. The lowest BCUT2D eigenvalue weighted by molar-refractivity contribution is -0.160. The van der Waals surface area contributed by atoms with Crippen LogP contribution in [0.2, 0.25) is 0 Å². The molecule has 0 spiro atoms. The Morgan fingerprint density at radius 2 is 2.22 bits per heavy atom. The van der Waals surface area contributed by atoms with Crippen molar-refractivity contribution >= 4 is 17.3 Å². The van der Waals surface area contributed by atoms with Crippen LogP contribution in [-0.4, -0.2) is 35.3 Å². The normalized spacial score (nSPS) is 16.1. The zero-order chi connectivity index (χ0) is 13.9. The maximum atomic E-state index is 11.3. The van der Waals surface area contributed by atoms with Crippen molar-refractivity contribution in [1.29, 1.82) is 0 Å². The van der Waals surface area contributed by atoms with Crippen molar-refractivity contribution in [3.8, 4) is 0 Å². The van der Waals surface area contributed by atoms with Gasteiger partial charge in [0.2, 0.25) is 0 Å². The van der Waals surface area contributed by atoms with Crippen LogP contribution >= 0.6 is 11.3 Å². The summed E-state index contributed by atoms with van der Waals surface area (Å²) in [6.07, 6.45) is 0. The van der Waals surface area contributed by atoms with Crippen LogP contribution in [0.3, 0.4) is 0 Å². The third-order valence-corrected chi connectivity index (χ3v) is 3.97. The van der Waals surface area contributed by atoms with Crippen LogP contribution in [0.1, 0.15) is 35.5 Å². The second kappa shape index (κ2) is 5.77. The quantitative estimate of drug-likeness (QED) is 0.791. The SMILES string of the molecule is COC(=O)C(C)(O)CNC(C)c1sc(C)nc1C. The highest BCUT2D eigenvalue weighted by atomic mass is 32.1. The van der Waals surface area contributed by atoms with Gasteiger partial charge in [-0.2, -0.15) is 0 Å². The van der Waals surface area contributed by atoms with Gasteiger partial charge in [-0.05, 0) is 27.7 Å². The smallest absolute Gasteiger partial charge is 0.338 e. The molecule has 0 aromatic carbocycles. The standard InChI is InChI=1S/C12H20N2O3S/c1-7(10-8(2)14-9(3)18-10)13-6-12(4,16)11(15)17-5/h7,13,16H,6H2,1-5H3. The molecule has 1 heterocycles. The molecule has 6 heteroatoms. The maximum absolute atomic E-state index is 11.3. The molecular formula is C12H20N2O3S. The van der Waals surface area contributed by atoms with E-state index < -0.39 is 11.6 Å². The fourth-order valence-corrected chi connectivity index (χ4v) is 2.64. The summed E-state index contributed by atoms with van der Waals surface area (Å²) in [4.78, 5) is 16.8. The third-order valence-electron chi connectivity index (χ3n) is 2.71. The zero-order valence-electron chi connectivity index (χ0n) is 11.4. The van der Waals surface area contributed by atoms with Crippen molar-refractivity contribution in [3.63, 3.8) is 0 Å². The summed E-state index contributed by atoms with van der Waals surface area (Å²) in [5.41, 5.74) is -0.536. The number of hydrogen-bond donors (Lipinski definition) is 2. The number of aryl methyl sites for hydroxylation is 2. The molecule has 0 saturated carbocycles. The van der Waals surface area contributed by atoms with E-state index in [-0.39, 0.29) is 12.6 Å². The van der Waals surface area contributed by atoms with Gasteiger partial charge in [-0.3, -0.25) is 0 Å². The average Bonchev–Trinajstić information content (AvgIpc) is 2.64. The number of aromatic nitrogens is 1. The monoisotopic (exact) mass is 272 g/mol. The Morgan fingerprint density at radius 3 is 2.67 bits per heavy atom. The lowest BCUT2D eigenvalue weighted by Gasteiger charge is -2.23. The summed E-state index contributed by atoms with van der Waals surface area (Å²) < 4.78 is 4.54. The number of hydrogen-bond acceptors (Lipinski definition) is 6. The highest BCUT2D eigenvalue weighted by Crippen LogP contribution is 2.24. The molecule has 1 aromatic heterocycles. The molecule has 0 aliphatic rings. The van der Waals surface area contributed by atoms with Crippen molar-refractivity contribution in [2.75, 3.05) is 13.7 Å². The fraction of sp³-hybridized carbons (Fsp3) is 0.667. The molecule has 0 aliphatic carbocycles. The number of methoxy groups -OCH3 is 1. The van der Waals surface area contributed by atoms with E-state index in [1.165, 1.54) is 14.0 Å². The van der Waals surface area contributed by atoms with Crippen molar-refractivity contribution in [3.05, 3.63) is 15.6 Å². The molecule has 0 radical (unpaired) electrons. The fourth-order valence-electron chi connectivity index (χ4n) is 1.69. The number of esters is 1. The Kier molecular flexibility index (Phi) is 4.84. The number of carbonyl (C=O) groups is 1. The Bertz CT molecular complexity index is 429. The molecule has 102 valence electrons. The number of nitrogens with one attached hydrogen (secondary N) is 1. The van der Waals surface area contributed by atoms with E-state index in [0.29, 0.717) is 0 Å². The van der Waals surface area contributed by atoms with E-state index in [4.69, 9.17) is 0 Å². The van der Waals surface area contributed by atoms with Crippen molar-refractivity contribution < 1.29 is 14.6 Å².